The van der Waals surface area contributed by atoms with Crippen LogP contribution in [-0.4, -0.2) is 24.1 Å². The summed E-state index contributed by atoms with van der Waals surface area (Å²) < 4.78 is 5.53. The van der Waals surface area contributed by atoms with E-state index in [4.69, 9.17) is 0 Å². The molecular formula is C24H19N5O. The lowest BCUT2D eigenvalue weighted by Crippen LogP contribution is -2.15. The molecule has 3 aromatic heterocycles. The van der Waals surface area contributed by atoms with Gasteiger partial charge in [0.1, 0.15) is 0 Å². The second-order valence-corrected chi connectivity index (χ2v) is 7.00. The quantitative estimate of drug-likeness (QED) is 0.460. The average Bonchev–Trinajstić information content (AvgIpc) is 3.47. The maximum atomic E-state index is 12.7. The van der Waals surface area contributed by atoms with Crippen LogP contribution in [0.2, 0.25) is 0 Å². The van der Waals surface area contributed by atoms with E-state index in [-0.39, 0.29) is 5.43 Å². The average molecular weight is 393 g/mol. The summed E-state index contributed by atoms with van der Waals surface area (Å²) in [5.74, 6) is 0. The fourth-order valence-corrected chi connectivity index (χ4v) is 3.54. The molecule has 6 heteroatoms. The van der Waals surface area contributed by atoms with Gasteiger partial charge in [-0.2, -0.15) is 10.2 Å². The van der Waals surface area contributed by atoms with Gasteiger partial charge in [-0.3, -0.25) is 4.79 Å². The summed E-state index contributed by atoms with van der Waals surface area (Å²) in [6, 6.07) is 23.2. The third-order valence-electron chi connectivity index (χ3n) is 5.02. The molecule has 0 aliphatic carbocycles. The van der Waals surface area contributed by atoms with Crippen LogP contribution in [0.3, 0.4) is 0 Å². The molecular weight excluding hydrogens is 374 g/mol. The fraction of sp³-hybridized carbons (Fsp3) is 0.0417. The van der Waals surface area contributed by atoms with Crippen LogP contribution in [0.1, 0.15) is 5.56 Å². The number of nitrogens with zero attached hydrogens (tertiary/aromatic N) is 5. The molecule has 0 bridgehead atoms. The molecule has 2 aromatic carbocycles. The molecule has 0 aliphatic heterocycles. The summed E-state index contributed by atoms with van der Waals surface area (Å²) >= 11 is 0. The van der Waals surface area contributed by atoms with E-state index in [0.29, 0.717) is 11.4 Å². The van der Waals surface area contributed by atoms with Crippen molar-refractivity contribution < 1.29 is 0 Å². The summed E-state index contributed by atoms with van der Waals surface area (Å²) in [5, 5.41) is 9.05. The predicted octanol–water partition coefficient (Wildman–Crippen LogP) is 4.18. The van der Waals surface area contributed by atoms with E-state index < -0.39 is 0 Å². The standard InChI is InChI=1S/C24H19N5O/c1-18-17-20(27-14-5-6-15-27)9-10-21(18)28-16-12-23(30)24(26-28)22-11-13-25-29(22)19-7-3-2-4-8-19/h2-17H,1H3. The maximum Gasteiger partial charge on any atom is 0.209 e. The van der Waals surface area contributed by atoms with Gasteiger partial charge in [0, 0.05) is 30.3 Å². The van der Waals surface area contributed by atoms with Crippen molar-refractivity contribution in [2.24, 2.45) is 0 Å². The number of rotatable bonds is 4. The van der Waals surface area contributed by atoms with Crippen LogP contribution in [0.15, 0.2) is 102 Å². The van der Waals surface area contributed by atoms with Crippen LogP contribution < -0.4 is 5.43 Å². The third-order valence-corrected chi connectivity index (χ3v) is 5.02. The first-order chi connectivity index (χ1) is 14.7. The van der Waals surface area contributed by atoms with E-state index in [9.17, 15) is 4.79 Å². The fourth-order valence-electron chi connectivity index (χ4n) is 3.54. The second-order valence-electron chi connectivity index (χ2n) is 7.00. The lowest BCUT2D eigenvalue weighted by atomic mass is 10.1. The van der Waals surface area contributed by atoms with Gasteiger partial charge < -0.3 is 4.57 Å². The number of benzene rings is 2. The van der Waals surface area contributed by atoms with Crippen molar-refractivity contribution in [3.63, 3.8) is 0 Å². The number of para-hydroxylation sites is 1. The summed E-state index contributed by atoms with van der Waals surface area (Å²) in [7, 11) is 0. The molecule has 0 aliphatic rings. The first-order valence-electron chi connectivity index (χ1n) is 9.65. The van der Waals surface area contributed by atoms with Crippen LogP contribution in [0.25, 0.3) is 28.5 Å². The van der Waals surface area contributed by atoms with E-state index in [1.807, 2.05) is 80.0 Å². The Kier molecular flexibility index (Phi) is 4.37. The Morgan fingerprint density at radius 3 is 2.37 bits per heavy atom. The Morgan fingerprint density at radius 2 is 1.60 bits per heavy atom. The summed E-state index contributed by atoms with van der Waals surface area (Å²) in [6.45, 7) is 2.04. The molecule has 3 heterocycles. The number of aromatic nitrogens is 5. The smallest absolute Gasteiger partial charge is 0.209 e. The van der Waals surface area contributed by atoms with E-state index >= 15 is 0 Å². The Balaban J connectivity index is 1.59. The molecule has 0 saturated heterocycles. The topological polar surface area (TPSA) is 57.6 Å². The SMILES string of the molecule is Cc1cc(-n2cccc2)ccc1-n1ccc(=O)c(-c2ccnn2-c2ccccc2)n1. The minimum absolute atomic E-state index is 0.148. The zero-order chi connectivity index (χ0) is 20.5. The molecule has 0 fully saturated rings. The molecule has 0 spiro atoms. The van der Waals surface area contributed by atoms with Crippen LogP contribution in [0.5, 0.6) is 0 Å². The van der Waals surface area contributed by atoms with Gasteiger partial charge >= 0.3 is 0 Å². The van der Waals surface area contributed by atoms with Gasteiger partial charge in [0.15, 0.2) is 5.69 Å². The minimum Gasteiger partial charge on any atom is -0.324 e. The zero-order valence-corrected chi connectivity index (χ0v) is 16.4. The predicted molar refractivity (Wildman–Crippen MR) is 116 cm³/mol. The number of hydrogen-bond acceptors (Lipinski definition) is 3. The van der Waals surface area contributed by atoms with Crippen molar-refractivity contribution in [3.05, 3.63) is 113 Å². The summed E-state index contributed by atoms with van der Waals surface area (Å²) in [5.41, 5.74) is 4.78. The molecule has 30 heavy (non-hydrogen) atoms. The lowest BCUT2D eigenvalue weighted by Gasteiger charge is -2.13. The Morgan fingerprint density at radius 1 is 0.800 bits per heavy atom. The van der Waals surface area contributed by atoms with Crippen LogP contribution in [0, 0.1) is 6.92 Å². The first kappa shape index (κ1) is 17.9. The largest absolute Gasteiger partial charge is 0.324 e. The molecule has 0 atom stereocenters. The molecule has 0 radical (unpaired) electrons. The molecule has 6 nitrogen and oxygen atoms in total. The Bertz CT molecular complexity index is 1360. The lowest BCUT2D eigenvalue weighted by molar-refractivity contribution is 0.818. The van der Waals surface area contributed by atoms with Crippen molar-refractivity contribution in [2.75, 3.05) is 0 Å². The highest BCUT2D eigenvalue weighted by Gasteiger charge is 2.14. The number of aryl methyl sites for hydroxylation is 1. The van der Waals surface area contributed by atoms with Gasteiger partial charge in [-0.1, -0.05) is 18.2 Å². The molecule has 0 N–H and O–H groups in total. The monoisotopic (exact) mass is 393 g/mol. The molecule has 0 unspecified atom stereocenters. The molecule has 5 aromatic rings. The Labute approximate surface area is 173 Å². The van der Waals surface area contributed by atoms with Crippen LogP contribution >= 0.6 is 0 Å². The normalized spacial score (nSPS) is 11.0. The molecule has 0 saturated carbocycles. The highest BCUT2D eigenvalue weighted by atomic mass is 16.1. The molecule has 5 rings (SSSR count). The van der Waals surface area contributed by atoms with E-state index in [1.165, 1.54) is 0 Å². The van der Waals surface area contributed by atoms with Gasteiger partial charge in [0.25, 0.3) is 0 Å². The molecule has 0 amide bonds. The van der Waals surface area contributed by atoms with E-state index in [1.54, 1.807) is 27.8 Å². The minimum atomic E-state index is -0.148. The van der Waals surface area contributed by atoms with E-state index in [0.717, 1.165) is 22.6 Å². The van der Waals surface area contributed by atoms with Crippen molar-refractivity contribution in [1.82, 2.24) is 24.1 Å². The first-order valence-corrected chi connectivity index (χ1v) is 9.65. The van der Waals surface area contributed by atoms with Gasteiger partial charge in [-0.25, -0.2) is 9.36 Å². The summed E-state index contributed by atoms with van der Waals surface area (Å²) in [4.78, 5) is 12.7. The van der Waals surface area contributed by atoms with Gasteiger partial charge in [-0.05, 0) is 61.0 Å². The zero-order valence-electron chi connectivity index (χ0n) is 16.4. The van der Waals surface area contributed by atoms with Crippen molar-refractivity contribution in [1.29, 1.82) is 0 Å². The highest BCUT2D eigenvalue weighted by molar-refractivity contribution is 5.57. The highest BCUT2D eigenvalue weighted by Crippen LogP contribution is 2.21. The summed E-state index contributed by atoms with van der Waals surface area (Å²) in [6.07, 6.45) is 7.40. The maximum absolute atomic E-state index is 12.7. The third kappa shape index (κ3) is 3.14. The second kappa shape index (κ2) is 7.33. The van der Waals surface area contributed by atoms with Gasteiger partial charge in [0.05, 0.1) is 23.3 Å². The van der Waals surface area contributed by atoms with Crippen molar-refractivity contribution in [3.8, 4) is 28.5 Å². The van der Waals surface area contributed by atoms with Crippen LogP contribution in [0.4, 0.5) is 0 Å². The van der Waals surface area contributed by atoms with Crippen molar-refractivity contribution >= 4 is 0 Å². The Hall–Kier alpha value is -4.19. The van der Waals surface area contributed by atoms with Gasteiger partial charge in [0.2, 0.25) is 5.43 Å². The van der Waals surface area contributed by atoms with Crippen molar-refractivity contribution in [2.45, 2.75) is 6.92 Å². The van der Waals surface area contributed by atoms with Gasteiger partial charge in [-0.15, -0.1) is 0 Å². The van der Waals surface area contributed by atoms with E-state index in [2.05, 4.69) is 20.8 Å². The van der Waals surface area contributed by atoms with Crippen LogP contribution in [-0.2, 0) is 0 Å². The molecule has 146 valence electrons. The number of hydrogen-bond donors (Lipinski definition) is 0.